The lowest BCUT2D eigenvalue weighted by molar-refractivity contribution is 0.814. The maximum absolute atomic E-state index is 4.72. The van der Waals surface area contributed by atoms with Gasteiger partial charge in [-0.1, -0.05) is 7.43 Å². The Balaban J connectivity index is 0.00000147. The van der Waals surface area contributed by atoms with Crippen LogP contribution in [0.15, 0.2) is 36.4 Å². The van der Waals surface area contributed by atoms with Crippen molar-refractivity contribution in [2.45, 2.75) is 7.43 Å². The van der Waals surface area contributed by atoms with E-state index in [1.807, 2.05) is 7.05 Å². The van der Waals surface area contributed by atoms with Gasteiger partial charge in [0.2, 0.25) is 5.36 Å². The Labute approximate surface area is 123 Å². The van der Waals surface area contributed by atoms with Gasteiger partial charge in [0.1, 0.15) is 14.1 Å². The number of anilines is 1. The smallest absolute Gasteiger partial charge is 0.201 e. The first-order valence-electron chi connectivity index (χ1n) is 6.20. The standard InChI is InChI=1S/C15H15N3S.CH4/c1-16-10-4-6-12-14(8-10)19-15-9-11(18(2)3)5-7-13(15)17-12;/h4-9H,1-3H3;1H4/p+1. The average Bonchev–Trinajstić information content (AvgIpc) is 2.43. The second kappa shape index (κ2) is 5.59. The van der Waals surface area contributed by atoms with Crippen LogP contribution in [0, 0.1) is 0 Å². The second-order valence-electron chi connectivity index (χ2n) is 4.69. The van der Waals surface area contributed by atoms with Crippen LogP contribution in [0.25, 0.3) is 20.8 Å². The number of benzene rings is 2. The fourth-order valence-electron chi connectivity index (χ4n) is 2.05. The Hall–Kier alpha value is -1.94. The summed E-state index contributed by atoms with van der Waals surface area (Å²) in [7, 11) is 6.04. The van der Waals surface area contributed by atoms with Crippen molar-refractivity contribution in [3.05, 3.63) is 41.8 Å². The minimum atomic E-state index is 0. The van der Waals surface area contributed by atoms with E-state index in [1.54, 1.807) is 11.3 Å². The van der Waals surface area contributed by atoms with E-state index < -0.39 is 0 Å². The van der Waals surface area contributed by atoms with Crippen molar-refractivity contribution in [1.82, 2.24) is 9.56 Å². The maximum Gasteiger partial charge on any atom is 0.201 e. The average molecular weight is 286 g/mol. The van der Waals surface area contributed by atoms with Crippen LogP contribution >= 0.6 is 11.3 Å². The molecule has 3 nitrogen and oxygen atoms in total. The molecule has 0 unspecified atom stereocenters. The minimum Gasteiger partial charge on any atom is -0.388 e. The van der Waals surface area contributed by atoms with Gasteiger partial charge < -0.3 is 5.32 Å². The molecule has 104 valence electrons. The molecule has 0 amide bonds. The number of nitrogens with zero attached hydrogens (tertiary/aromatic N) is 2. The van der Waals surface area contributed by atoms with Crippen LogP contribution in [0.2, 0.25) is 0 Å². The molecule has 1 aliphatic heterocycles. The molecule has 4 heteroatoms. The number of aromatic nitrogens is 1. The van der Waals surface area contributed by atoms with Crippen molar-refractivity contribution in [1.29, 1.82) is 0 Å². The fourth-order valence-corrected chi connectivity index (χ4v) is 3.09. The van der Waals surface area contributed by atoms with Gasteiger partial charge in [0.15, 0.2) is 0 Å². The zero-order valence-corrected chi connectivity index (χ0v) is 12.1. The van der Waals surface area contributed by atoms with Crippen LogP contribution in [0.1, 0.15) is 7.43 Å². The van der Waals surface area contributed by atoms with E-state index in [2.05, 4.69) is 60.4 Å². The monoisotopic (exact) mass is 286 g/mol. The summed E-state index contributed by atoms with van der Waals surface area (Å²) in [5.41, 5.74) is 3.23. The summed E-state index contributed by atoms with van der Waals surface area (Å²) in [5, 5.41) is 4.37. The number of rotatable bonds is 1. The molecule has 0 spiro atoms. The highest BCUT2D eigenvalue weighted by molar-refractivity contribution is 7.21. The van der Waals surface area contributed by atoms with Gasteiger partial charge in [-0.05, 0) is 24.3 Å². The normalized spacial score (nSPS) is 10.3. The highest BCUT2D eigenvalue weighted by atomic mass is 32.1. The number of nitrogens with one attached hydrogen (secondary N) is 1. The fraction of sp³-hybridized carbons (Fsp3) is 0.250. The van der Waals surface area contributed by atoms with E-state index in [0.29, 0.717) is 0 Å². The summed E-state index contributed by atoms with van der Waals surface area (Å²) in [4.78, 5) is 5.93. The van der Waals surface area contributed by atoms with Gasteiger partial charge in [0, 0.05) is 24.9 Å². The molecule has 20 heavy (non-hydrogen) atoms. The van der Waals surface area contributed by atoms with Gasteiger partial charge in [0.05, 0.1) is 20.8 Å². The van der Waals surface area contributed by atoms with Crippen molar-refractivity contribution < 1.29 is 0 Å². The Morgan fingerprint density at radius 1 is 1.10 bits per heavy atom. The van der Waals surface area contributed by atoms with Gasteiger partial charge in [-0.15, -0.1) is 11.3 Å². The van der Waals surface area contributed by atoms with E-state index in [-0.39, 0.29) is 7.43 Å². The van der Waals surface area contributed by atoms with Crippen LogP contribution < -0.4 is 15.2 Å². The van der Waals surface area contributed by atoms with E-state index in [9.17, 15) is 0 Å². The van der Waals surface area contributed by atoms with Crippen LogP contribution in [0.3, 0.4) is 0 Å². The first-order valence-corrected chi connectivity index (χ1v) is 7.02. The molecule has 1 aromatic rings. The summed E-state index contributed by atoms with van der Waals surface area (Å²) in [6, 6.07) is 12.7. The van der Waals surface area contributed by atoms with Gasteiger partial charge in [0.25, 0.3) is 0 Å². The number of hydrogen-bond acceptors (Lipinski definition) is 3. The molecular formula is C16H20N3S+. The van der Waals surface area contributed by atoms with E-state index in [4.69, 9.17) is 4.98 Å². The molecule has 1 aromatic carbocycles. The molecule has 0 fully saturated rings. The predicted octanol–water partition coefficient (Wildman–Crippen LogP) is 3.11. The molecule has 0 atom stereocenters. The SMILES string of the molecule is C.CNc1ccc2nc3ccc(=[N+](C)C)cc-3sc2c1. The lowest BCUT2D eigenvalue weighted by Crippen LogP contribution is -2.21. The zero-order chi connectivity index (χ0) is 13.4. The summed E-state index contributed by atoms with van der Waals surface area (Å²) in [6.07, 6.45) is 0. The molecule has 0 bridgehead atoms. The van der Waals surface area contributed by atoms with Crippen LogP contribution in [-0.2, 0) is 0 Å². The Bertz CT molecular complexity index is 785. The lowest BCUT2D eigenvalue weighted by atomic mass is 10.2. The van der Waals surface area contributed by atoms with Crippen molar-refractivity contribution in [3.63, 3.8) is 0 Å². The highest BCUT2D eigenvalue weighted by Crippen LogP contribution is 2.30. The van der Waals surface area contributed by atoms with Crippen molar-refractivity contribution in [3.8, 4) is 10.6 Å². The number of fused-ring (bicyclic) bond motifs is 2. The third-order valence-electron chi connectivity index (χ3n) is 3.17. The van der Waals surface area contributed by atoms with Crippen molar-refractivity contribution in [2.75, 3.05) is 26.5 Å². The zero-order valence-electron chi connectivity index (χ0n) is 11.3. The molecule has 0 saturated heterocycles. The summed E-state index contributed by atoms with van der Waals surface area (Å²) in [6.45, 7) is 0. The molecule has 1 N–H and O–H groups in total. The summed E-state index contributed by atoms with van der Waals surface area (Å²) < 4.78 is 3.32. The van der Waals surface area contributed by atoms with Gasteiger partial charge >= 0.3 is 0 Å². The highest BCUT2D eigenvalue weighted by Gasteiger charge is 2.08. The van der Waals surface area contributed by atoms with E-state index >= 15 is 0 Å². The molecule has 1 aliphatic carbocycles. The quantitative estimate of drug-likeness (QED) is 0.550. The molecular weight excluding hydrogens is 266 g/mol. The van der Waals surface area contributed by atoms with Crippen LogP contribution in [0.4, 0.5) is 5.69 Å². The van der Waals surface area contributed by atoms with Crippen molar-refractivity contribution >= 4 is 27.2 Å². The lowest BCUT2D eigenvalue weighted by Gasteiger charge is -2.07. The Morgan fingerprint density at radius 3 is 2.60 bits per heavy atom. The molecule has 1 heterocycles. The second-order valence-corrected chi connectivity index (χ2v) is 5.78. The summed E-state index contributed by atoms with van der Waals surface area (Å²) in [5.74, 6) is 0. The molecule has 0 radical (unpaired) electrons. The number of hydrogen-bond donors (Lipinski definition) is 1. The first-order chi connectivity index (χ1) is 9.17. The summed E-state index contributed by atoms with van der Waals surface area (Å²) >= 11 is 1.78. The van der Waals surface area contributed by atoms with E-state index in [0.717, 1.165) is 16.9 Å². The van der Waals surface area contributed by atoms with Gasteiger partial charge in [-0.2, -0.15) is 0 Å². The van der Waals surface area contributed by atoms with Gasteiger partial charge in [-0.3, -0.25) is 0 Å². The Morgan fingerprint density at radius 2 is 1.90 bits per heavy atom. The maximum atomic E-state index is 4.72. The third-order valence-corrected chi connectivity index (χ3v) is 4.26. The predicted molar refractivity (Wildman–Crippen MR) is 89.6 cm³/mol. The van der Waals surface area contributed by atoms with Crippen LogP contribution in [0.5, 0.6) is 0 Å². The third kappa shape index (κ3) is 2.51. The molecule has 2 aliphatic rings. The Kier molecular flexibility index (Phi) is 4.04. The topological polar surface area (TPSA) is 27.9 Å². The van der Waals surface area contributed by atoms with Crippen LogP contribution in [-0.4, -0.2) is 26.1 Å². The van der Waals surface area contributed by atoms with Gasteiger partial charge in [-0.25, -0.2) is 9.56 Å². The molecule has 0 aromatic heterocycles. The molecule has 3 rings (SSSR count). The largest absolute Gasteiger partial charge is 0.388 e. The van der Waals surface area contributed by atoms with E-state index in [1.165, 1.54) is 14.9 Å². The van der Waals surface area contributed by atoms with Crippen molar-refractivity contribution in [2.24, 2.45) is 0 Å². The first kappa shape index (κ1) is 14.5. The minimum absolute atomic E-state index is 0. The molecule has 0 saturated carbocycles.